The third-order valence-corrected chi connectivity index (χ3v) is 8.64. The molecule has 8 nitrogen and oxygen atoms in total. The van der Waals surface area contributed by atoms with E-state index in [9.17, 15) is 17.6 Å². The van der Waals surface area contributed by atoms with Gasteiger partial charge in [-0.25, -0.2) is 18.2 Å². The van der Waals surface area contributed by atoms with Crippen molar-refractivity contribution in [2.24, 2.45) is 5.10 Å². The molecule has 4 aromatic rings. The van der Waals surface area contributed by atoms with E-state index >= 15 is 0 Å². The molecule has 11 heteroatoms. The van der Waals surface area contributed by atoms with Crippen molar-refractivity contribution in [3.05, 3.63) is 124 Å². The van der Waals surface area contributed by atoms with Gasteiger partial charge in [-0.15, -0.1) is 0 Å². The van der Waals surface area contributed by atoms with Crippen LogP contribution in [0.3, 0.4) is 0 Å². The molecule has 0 saturated carbocycles. The number of hydrazone groups is 1. The number of ether oxygens (including phenoxy) is 2. The summed E-state index contributed by atoms with van der Waals surface area (Å²) in [7, 11) is -3.93. The van der Waals surface area contributed by atoms with Gasteiger partial charge >= 0.3 is 0 Å². The van der Waals surface area contributed by atoms with Crippen LogP contribution in [0.15, 0.2) is 101 Å². The quantitative estimate of drug-likeness (QED) is 0.192. The normalized spacial score (nSPS) is 13.2. The summed E-state index contributed by atoms with van der Waals surface area (Å²) in [5, 5.41) is 4.63. The molecule has 1 aliphatic rings. The molecule has 0 aliphatic carbocycles. The minimum absolute atomic E-state index is 0.0152. The van der Waals surface area contributed by atoms with Gasteiger partial charge in [0.15, 0.2) is 11.5 Å². The molecule has 5 rings (SSSR count). The average Bonchev–Trinajstić information content (AvgIpc) is 3.00. The van der Waals surface area contributed by atoms with E-state index in [0.29, 0.717) is 52.1 Å². The largest absolute Gasteiger partial charge is 0.486 e. The van der Waals surface area contributed by atoms with Crippen LogP contribution in [0, 0.1) is 5.82 Å². The zero-order valence-corrected chi connectivity index (χ0v) is 24.2. The zero-order valence-electron chi connectivity index (χ0n) is 22.6. The van der Waals surface area contributed by atoms with Crippen molar-refractivity contribution in [3.8, 4) is 11.5 Å². The molecule has 0 aromatic heterocycles. The Hall–Kier alpha value is -4.25. The summed E-state index contributed by atoms with van der Waals surface area (Å²) < 4.78 is 53.0. The first-order valence-electron chi connectivity index (χ1n) is 13.0. The maximum absolute atomic E-state index is 13.6. The Morgan fingerprint density at radius 3 is 2.07 bits per heavy atom. The fraction of sp³-hybridized carbons (Fsp3) is 0.161. The van der Waals surface area contributed by atoms with E-state index in [1.807, 2.05) is 12.1 Å². The predicted molar refractivity (Wildman–Crippen MR) is 158 cm³/mol. The number of sulfonamides is 1. The van der Waals surface area contributed by atoms with E-state index in [1.54, 1.807) is 49.4 Å². The van der Waals surface area contributed by atoms with Gasteiger partial charge in [0, 0.05) is 29.2 Å². The van der Waals surface area contributed by atoms with Gasteiger partial charge in [-0.3, -0.25) is 4.79 Å². The summed E-state index contributed by atoms with van der Waals surface area (Å²) >= 11 is 5.96. The van der Waals surface area contributed by atoms with Crippen molar-refractivity contribution in [1.82, 2.24) is 9.73 Å². The number of hydrogen-bond donors (Lipinski definition) is 1. The molecule has 1 amide bonds. The minimum atomic E-state index is -3.93. The molecule has 1 N–H and O–H groups in total. The van der Waals surface area contributed by atoms with Gasteiger partial charge in [0.25, 0.3) is 5.91 Å². The molecule has 0 radical (unpaired) electrons. The van der Waals surface area contributed by atoms with E-state index < -0.39 is 21.7 Å². The molecule has 216 valence electrons. The Morgan fingerprint density at radius 1 is 0.857 bits per heavy atom. The van der Waals surface area contributed by atoms with Crippen LogP contribution in [-0.4, -0.2) is 37.6 Å². The van der Waals surface area contributed by atoms with Crippen LogP contribution in [0.25, 0.3) is 0 Å². The summed E-state index contributed by atoms with van der Waals surface area (Å²) in [6, 6.07) is 23.6. The molecule has 0 fully saturated rings. The van der Waals surface area contributed by atoms with E-state index in [-0.39, 0.29) is 18.0 Å². The van der Waals surface area contributed by atoms with Crippen LogP contribution in [0.2, 0.25) is 5.02 Å². The van der Waals surface area contributed by atoms with Crippen molar-refractivity contribution < 1.29 is 27.1 Å². The Bertz CT molecular complexity index is 1710. The highest BCUT2D eigenvalue weighted by atomic mass is 35.5. The molecule has 4 aromatic carbocycles. The highest BCUT2D eigenvalue weighted by Crippen LogP contribution is 2.31. The number of carbonyl (C=O) groups excluding carboxylic acids is 1. The summed E-state index contributed by atoms with van der Waals surface area (Å²) in [4.78, 5) is 12.9. The van der Waals surface area contributed by atoms with Crippen molar-refractivity contribution >= 4 is 33.2 Å². The Morgan fingerprint density at radius 2 is 1.43 bits per heavy atom. The van der Waals surface area contributed by atoms with Gasteiger partial charge in [0.1, 0.15) is 19.0 Å². The summed E-state index contributed by atoms with van der Waals surface area (Å²) in [6.45, 7) is 2.77. The highest BCUT2D eigenvalue weighted by Gasteiger charge is 2.25. The molecule has 0 bridgehead atoms. The maximum Gasteiger partial charge on any atom is 0.271 e. The first kappa shape index (κ1) is 29.2. The number of rotatable bonds is 9. The van der Waals surface area contributed by atoms with E-state index in [4.69, 9.17) is 21.1 Å². The number of fused-ring (bicyclic) bond motifs is 1. The van der Waals surface area contributed by atoms with Gasteiger partial charge in [-0.2, -0.15) is 9.41 Å². The highest BCUT2D eigenvalue weighted by molar-refractivity contribution is 7.89. The Labute approximate surface area is 248 Å². The van der Waals surface area contributed by atoms with Gasteiger partial charge in [0.05, 0.1) is 10.6 Å². The lowest BCUT2D eigenvalue weighted by molar-refractivity contribution is 0.0954. The minimum Gasteiger partial charge on any atom is -0.486 e. The lowest BCUT2D eigenvalue weighted by atomic mass is 10.1. The van der Waals surface area contributed by atoms with Crippen LogP contribution >= 0.6 is 11.6 Å². The standard InChI is InChI=1S/C31H27ClFN3O5S/c1-21(25-8-15-29-30(18-25)41-17-16-40-29)34-35-31(37)24-6-2-22(3-7-24)19-36(20-23-4-11-27(33)12-5-23)42(38,39)28-13-9-26(32)10-14-28/h2-15,18H,16-17,19-20H2,1H3,(H,35,37)/b34-21+. The SMILES string of the molecule is C/C(=N\NC(=O)c1ccc(CN(Cc2ccc(F)cc2)S(=O)(=O)c2ccc(Cl)cc2)cc1)c1ccc2c(c1)OCCO2. The monoisotopic (exact) mass is 607 g/mol. The average molecular weight is 608 g/mol. The van der Waals surface area contributed by atoms with Gasteiger partial charge in [0.2, 0.25) is 10.0 Å². The molecule has 0 unspecified atom stereocenters. The third-order valence-electron chi connectivity index (χ3n) is 6.58. The lowest BCUT2D eigenvalue weighted by Gasteiger charge is -2.23. The number of nitrogens with one attached hydrogen (secondary N) is 1. The second-order valence-corrected chi connectivity index (χ2v) is 11.9. The number of carbonyl (C=O) groups is 1. The number of benzene rings is 4. The number of amides is 1. The van der Waals surface area contributed by atoms with Crippen LogP contribution in [0.4, 0.5) is 4.39 Å². The molecule has 0 spiro atoms. The van der Waals surface area contributed by atoms with Gasteiger partial charge < -0.3 is 9.47 Å². The molecule has 1 heterocycles. The second-order valence-electron chi connectivity index (χ2n) is 9.55. The summed E-state index contributed by atoms with van der Waals surface area (Å²) in [6.07, 6.45) is 0. The molecule has 0 saturated heterocycles. The van der Waals surface area contributed by atoms with Crippen LogP contribution in [0.1, 0.15) is 34.0 Å². The molecular formula is C31H27ClFN3O5S. The van der Waals surface area contributed by atoms with Crippen LogP contribution in [-0.2, 0) is 23.1 Å². The van der Waals surface area contributed by atoms with Crippen molar-refractivity contribution in [2.45, 2.75) is 24.9 Å². The third kappa shape index (κ3) is 6.96. The number of halogens is 2. The molecule has 0 atom stereocenters. The Balaban J connectivity index is 1.30. The molecular weight excluding hydrogens is 581 g/mol. The topological polar surface area (TPSA) is 97.3 Å². The first-order chi connectivity index (χ1) is 20.2. The maximum atomic E-state index is 13.6. The molecule has 42 heavy (non-hydrogen) atoms. The van der Waals surface area contributed by atoms with Crippen molar-refractivity contribution in [2.75, 3.05) is 13.2 Å². The Kier molecular flexibility index (Phi) is 8.86. The molecule has 1 aliphatic heterocycles. The second kappa shape index (κ2) is 12.7. The first-order valence-corrected chi connectivity index (χ1v) is 14.8. The van der Waals surface area contributed by atoms with Crippen LogP contribution < -0.4 is 14.9 Å². The lowest BCUT2D eigenvalue weighted by Crippen LogP contribution is -2.30. The van der Waals surface area contributed by atoms with Gasteiger partial charge in [-0.05, 0) is 84.8 Å². The summed E-state index contributed by atoms with van der Waals surface area (Å²) in [5.74, 6) is 0.460. The van der Waals surface area contributed by atoms with E-state index in [1.165, 1.54) is 40.7 Å². The van der Waals surface area contributed by atoms with Crippen molar-refractivity contribution in [3.63, 3.8) is 0 Å². The van der Waals surface area contributed by atoms with Crippen LogP contribution in [0.5, 0.6) is 11.5 Å². The smallest absolute Gasteiger partial charge is 0.271 e. The predicted octanol–water partition coefficient (Wildman–Crippen LogP) is 5.80. The fourth-order valence-electron chi connectivity index (χ4n) is 4.27. The van der Waals surface area contributed by atoms with E-state index in [0.717, 1.165) is 5.56 Å². The number of nitrogens with zero attached hydrogens (tertiary/aromatic N) is 2. The zero-order chi connectivity index (χ0) is 29.7. The van der Waals surface area contributed by atoms with Crippen molar-refractivity contribution in [1.29, 1.82) is 0 Å². The van der Waals surface area contributed by atoms with Gasteiger partial charge in [-0.1, -0.05) is 35.9 Å². The fourth-order valence-corrected chi connectivity index (χ4v) is 5.81. The summed E-state index contributed by atoms with van der Waals surface area (Å²) in [5.41, 5.74) is 5.54. The number of hydrogen-bond acceptors (Lipinski definition) is 6. The van der Waals surface area contributed by atoms with E-state index in [2.05, 4.69) is 10.5 Å².